The van der Waals surface area contributed by atoms with Crippen molar-refractivity contribution in [3.05, 3.63) is 0 Å². The highest BCUT2D eigenvalue weighted by Crippen LogP contribution is 2.23. The largest absolute Gasteiger partial charge is 0.378 e. The third-order valence-corrected chi connectivity index (χ3v) is 4.83. The van der Waals surface area contributed by atoms with Crippen LogP contribution in [0.15, 0.2) is 0 Å². The maximum atomic E-state index is 5.46. The van der Waals surface area contributed by atoms with Crippen molar-refractivity contribution < 1.29 is 9.47 Å². The number of rotatable bonds is 3. The summed E-state index contributed by atoms with van der Waals surface area (Å²) < 4.78 is 10.9. The minimum absolute atomic E-state index is 0.734. The van der Waals surface area contributed by atoms with Crippen LogP contribution < -0.4 is 14.7 Å². The van der Waals surface area contributed by atoms with E-state index in [1.807, 2.05) is 0 Å². The molecular weight excluding hydrogens is 308 g/mol. The first-order chi connectivity index (χ1) is 11.9. The van der Waals surface area contributed by atoms with Crippen molar-refractivity contribution in [2.75, 3.05) is 80.4 Å². The van der Waals surface area contributed by atoms with Crippen LogP contribution in [0.25, 0.3) is 0 Å². The highest BCUT2D eigenvalue weighted by atomic mass is 16.5. The van der Waals surface area contributed by atoms with E-state index in [9.17, 15) is 0 Å². The van der Waals surface area contributed by atoms with Crippen LogP contribution >= 0.6 is 0 Å². The van der Waals surface area contributed by atoms with Crippen LogP contribution in [0.3, 0.4) is 0 Å². The molecule has 0 aromatic carbocycles. The summed E-state index contributed by atoms with van der Waals surface area (Å²) in [5, 5.41) is 0. The molecule has 4 heterocycles. The van der Waals surface area contributed by atoms with Gasteiger partial charge in [0.25, 0.3) is 0 Å². The molecule has 3 aliphatic rings. The van der Waals surface area contributed by atoms with Gasteiger partial charge in [-0.15, -0.1) is 0 Å². The van der Waals surface area contributed by atoms with Gasteiger partial charge in [0.1, 0.15) is 0 Å². The Morgan fingerprint density at radius 3 is 1.29 bits per heavy atom. The Kier molecular flexibility index (Phi) is 4.94. The monoisotopic (exact) mass is 334 g/mol. The molecule has 24 heavy (non-hydrogen) atoms. The average Bonchev–Trinajstić information content (AvgIpc) is 2.70. The van der Waals surface area contributed by atoms with Crippen molar-refractivity contribution >= 4 is 17.8 Å². The zero-order valence-electron chi connectivity index (χ0n) is 14.2. The molecular formula is C16H26N6O2. The Balaban J connectivity index is 1.63. The van der Waals surface area contributed by atoms with E-state index >= 15 is 0 Å². The number of aromatic nitrogens is 3. The molecule has 1 aromatic heterocycles. The van der Waals surface area contributed by atoms with Gasteiger partial charge in [-0.2, -0.15) is 15.0 Å². The zero-order valence-corrected chi connectivity index (χ0v) is 14.2. The standard InChI is InChI=1S/C16H26N6O2/c1-2-4-20(5-3-1)14-17-15(21-6-10-23-11-7-21)19-16(18-14)22-8-12-24-13-9-22/h1-13H2. The number of ether oxygens (including phenoxy) is 2. The van der Waals surface area contributed by atoms with Gasteiger partial charge in [0.2, 0.25) is 17.8 Å². The van der Waals surface area contributed by atoms with E-state index < -0.39 is 0 Å². The lowest BCUT2D eigenvalue weighted by atomic mass is 10.1. The van der Waals surface area contributed by atoms with E-state index in [0.29, 0.717) is 0 Å². The Hall–Kier alpha value is -1.67. The number of hydrogen-bond donors (Lipinski definition) is 0. The van der Waals surface area contributed by atoms with Gasteiger partial charge < -0.3 is 24.2 Å². The predicted molar refractivity (Wildman–Crippen MR) is 92.0 cm³/mol. The third-order valence-electron chi connectivity index (χ3n) is 4.83. The van der Waals surface area contributed by atoms with Crippen molar-refractivity contribution in [2.45, 2.75) is 19.3 Å². The summed E-state index contributed by atoms with van der Waals surface area (Å²) in [6.07, 6.45) is 3.73. The molecule has 3 aliphatic heterocycles. The van der Waals surface area contributed by atoms with Gasteiger partial charge in [-0.3, -0.25) is 0 Å². The first-order valence-electron chi connectivity index (χ1n) is 9.06. The first-order valence-corrected chi connectivity index (χ1v) is 9.06. The van der Waals surface area contributed by atoms with Crippen LogP contribution in [0.5, 0.6) is 0 Å². The van der Waals surface area contributed by atoms with Crippen LogP contribution in [0.4, 0.5) is 17.8 Å². The third kappa shape index (κ3) is 3.54. The van der Waals surface area contributed by atoms with E-state index in [2.05, 4.69) is 14.7 Å². The molecule has 3 fully saturated rings. The molecule has 0 saturated carbocycles. The van der Waals surface area contributed by atoms with Crippen LogP contribution in [0.1, 0.15) is 19.3 Å². The fourth-order valence-electron chi connectivity index (χ4n) is 3.39. The van der Waals surface area contributed by atoms with Gasteiger partial charge in [-0.25, -0.2) is 0 Å². The van der Waals surface area contributed by atoms with Crippen molar-refractivity contribution in [2.24, 2.45) is 0 Å². The summed E-state index contributed by atoms with van der Waals surface area (Å²) in [7, 11) is 0. The SMILES string of the molecule is C1CCN(c2nc(N3CCOCC3)nc(N3CCOCC3)n2)CC1. The topological polar surface area (TPSA) is 66.9 Å². The molecule has 0 unspecified atom stereocenters. The maximum absolute atomic E-state index is 5.46. The number of piperidine rings is 1. The molecule has 0 atom stereocenters. The Morgan fingerprint density at radius 1 is 0.500 bits per heavy atom. The van der Waals surface area contributed by atoms with Crippen LogP contribution in [-0.4, -0.2) is 80.6 Å². The van der Waals surface area contributed by atoms with Crippen molar-refractivity contribution in [1.82, 2.24) is 15.0 Å². The molecule has 132 valence electrons. The highest BCUT2D eigenvalue weighted by Gasteiger charge is 2.23. The molecule has 0 radical (unpaired) electrons. The summed E-state index contributed by atoms with van der Waals surface area (Å²) >= 11 is 0. The predicted octanol–water partition coefficient (Wildman–Crippen LogP) is 0.535. The van der Waals surface area contributed by atoms with E-state index in [1.165, 1.54) is 19.3 Å². The van der Waals surface area contributed by atoms with E-state index in [-0.39, 0.29) is 0 Å². The molecule has 0 aliphatic carbocycles. The summed E-state index contributed by atoms with van der Waals surface area (Å²) in [4.78, 5) is 21.1. The second-order valence-corrected chi connectivity index (χ2v) is 6.48. The number of nitrogens with zero attached hydrogens (tertiary/aromatic N) is 6. The summed E-state index contributed by atoms with van der Waals surface area (Å²) in [6, 6.07) is 0. The van der Waals surface area contributed by atoms with Crippen LogP contribution in [0, 0.1) is 0 Å². The Labute approximate surface area is 142 Å². The van der Waals surface area contributed by atoms with Crippen molar-refractivity contribution in [1.29, 1.82) is 0 Å². The van der Waals surface area contributed by atoms with Gasteiger partial charge in [0.05, 0.1) is 26.4 Å². The van der Waals surface area contributed by atoms with Crippen molar-refractivity contribution in [3.8, 4) is 0 Å². The summed E-state index contributed by atoms with van der Waals surface area (Å²) in [5.74, 6) is 2.40. The second-order valence-electron chi connectivity index (χ2n) is 6.48. The van der Waals surface area contributed by atoms with E-state index in [4.69, 9.17) is 24.4 Å². The lowest BCUT2D eigenvalue weighted by Gasteiger charge is -2.32. The minimum atomic E-state index is 0.734. The molecule has 0 spiro atoms. The fourth-order valence-corrected chi connectivity index (χ4v) is 3.39. The second kappa shape index (κ2) is 7.48. The Bertz CT molecular complexity index is 451. The Morgan fingerprint density at radius 2 is 0.875 bits per heavy atom. The molecule has 4 rings (SSSR count). The maximum Gasteiger partial charge on any atom is 0.232 e. The normalized spacial score (nSPS) is 22.8. The molecule has 1 aromatic rings. The van der Waals surface area contributed by atoms with Gasteiger partial charge in [0.15, 0.2) is 0 Å². The van der Waals surface area contributed by atoms with Crippen molar-refractivity contribution in [3.63, 3.8) is 0 Å². The van der Waals surface area contributed by atoms with Crippen LogP contribution in [0.2, 0.25) is 0 Å². The van der Waals surface area contributed by atoms with E-state index in [0.717, 1.165) is 83.5 Å². The van der Waals surface area contributed by atoms with Crippen LogP contribution in [-0.2, 0) is 9.47 Å². The zero-order chi connectivity index (χ0) is 16.2. The molecule has 8 nitrogen and oxygen atoms in total. The minimum Gasteiger partial charge on any atom is -0.378 e. The smallest absolute Gasteiger partial charge is 0.232 e. The molecule has 3 saturated heterocycles. The molecule has 0 bridgehead atoms. The first kappa shape index (κ1) is 15.8. The fraction of sp³-hybridized carbons (Fsp3) is 0.812. The average molecular weight is 334 g/mol. The van der Waals surface area contributed by atoms with Gasteiger partial charge in [0, 0.05) is 39.3 Å². The quantitative estimate of drug-likeness (QED) is 0.793. The number of hydrogen-bond acceptors (Lipinski definition) is 8. The number of morpholine rings is 2. The molecule has 0 amide bonds. The van der Waals surface area contributed by atoms with Gasteiger partial charge in [-0.05, 0) is 19.3 Å². The number of anilines is 3. The lowest BCUT2D eigenvalue weighted by molar-refractivity contribution is 0.121. The van der Waals surface area contributed by atoms with Gasteiger partial charge in [-0.1, -0.05) is 0 Å². The summed E-state index contributed by atoms with van der Waals surface area (Å²) in [5.41, 5.74) is 0. The lowest BCUT2D eigenvalue weighted by Crippen LogP contribution is -2.41. The van der Waals surface area contributed by atoms with E-state index in [1.54, 1.807) is 0 Å². The van der Waals surface area contributed by atoms with Gasteiger partial charge >= 0.3 is 0 Å². The molecule has 8 heteroatoms. The summed E-state index contributed by atoms with van der Waals surface area (Å²) in [6.45, 7) is 8.37. The highest BCUT2D eigenvalue weighted by molar-refractivity contribution is 5.47. The molecule has 0 N–H and O–H groups in total.